The number of nitrogens with zero attached hydrogens (tertiary/aromatic N) is 2. The van der Waals surface area contributed by atoms with Crippen LogP contribution in [-0.4, -0.2) is 37.9 Å². The SMILES string of the molecule is C/C(Nc1ccc(CN(C)C)cc1)=C1/C(=O)Nc2ccc(C(=O)N(C)c3ccccc3)cc21. The maximum absolute atomic E-state index is 13.1. The van der Waals surface area contributed by atoms with Crippen molar-refractivity contribution in [3.05, 3.63) is 95.2 Å². The van der Waals surface area contributed by atoms with E-state index in [1.807, 2.05) is 63.5 Å². The Labute approximate surface area is 194 Å². The van der Waals surface area contributed by atoms with Crippen LogP contribution in [0.3, 0.4) is 0 Å². The highest BCUT2D eigenvalue weighted by Gasteiger charge is 2.28. The van der Waals surface area contributed by atoms with Crippen molar-refractivity contribution in [3.8, 4) is 0 Å². The molecule has 168 valence electrons. The quantitative estimate of drug-likeness (QED) is 0.540. The Bertz CT molecular complexity index is 1210. The number of nitrogens with one attached hydrogen (secondary N) is 2. The van der Waals surface area contributed by atoms with Gasteiger partial charge in [0.1, 0.15) is 0 Å². The van der Waals surface area contributed by atoms with Crippen molar-refractivity contribution in [2.24, 2.45) is 0 Å². The molecular weight excluding hydrogens is 412 g/mol. The van der Waals surface area contributed by atoms with Gasteiger partial charge in [-0.25, -0.2) is 0 Å². The van der Waals surface area contributed by atoms with Crippen LogP contribution in [0.15, 0.2) is 78.5 Å². The summed E-state index contributed by atoms with van der Waals surface area (Å²) in [6.45, 7) is 2.74. The minimum Gasteiger partial charge on any atom is -0.358 e. The molecule has 3 aromatic rings. The molecule has 4 rings (SSSR count). The lowest BCUT2D eigenvalue weighted by Crippen LogP contribution is -2.26. The van der Waals surface area contributed by atoms with Crippen molar-refractivity contribution in [2.45, 2.75) is 13.5 Å². The van der Waals surface area contributed by atoms with Gasteiger partial charge in [0.05, 0.1) is 5.57 Å². The molecule has 1 heterocycles. The molecule has 0 bridgehead atoms. The first-order valence-electron chi connectivity index (χ1n) is 10.8. The number of allylic oxidation sites excluding steroid dienone is 1. The Balaban J connectivity index is 1.61. The molecule has 0 aliphatic carbocycles. The lowest BCUT2D eigenvalue weighted by atomic mass is 10.0. The summed E-state index contributed by atoms with van der Waals surface area (Å²) in [5.41, 5.74) is 6.15. The Hall–Kier alpha value is -3.90. The summed E-state index contributed by atoms with van der Waals surface area (Å²) in [5, 5.41) is 6.25. The van der Waals surface area contributed by atoms with E-state index < -0.39 is 0 Å². The number of hydrogen-bond donors (Lipinski definition) is 2. The molecule has 2 amide bonds. The fourth-order valence-electron chi connectivity index (χ4n) is 3.97. The van der Waals surface area contributed by atoms with E-state index in [4.69, 9.17) is 0 Å². The molecule has 3 aromatic carbocycles. The molecular formula is C27H28N4O2. The lowest BCUT2D eigenvalue weighted by molar-refractivity contribution is -0.110. The van der Waals surface area contributed by atoms with Crippen LogP contribution in [0.25, 0.3) is 5.57 Å². The van der Waals surface area contributed by atoms with Gasteiger partial charge in [0, 0.05) is 47.5 Å². The number of rotatable bonds is 6. The van der Waals surface area contributed by atoms with E-state index >= 15 is 0 Å². The van der Waals surface area contributed by atoms with Crippen LogP contribution in [0.1, 0.15) is 28.4 Å². The zero-order chi connectivity index (χ0) is 23.5. The third-order valence-electron chi connectivity index (χ3n) is 5.62. The number of carbonyl (C=O) groups excluding carboxylic acids is 2. The molecule has 0 spiro atoms. The molecule has 0 saturated carbocycles. The van der Waals surface area contributed by atoms with E-state index in [2.05, 4.69) is 27.7 Å². The van der Waals surface area contributed by atoms with Crippen molar-refractivity contribution in [3.63, 3.8) is 0 Å². The molecule has 0 unspecified atom stereocenters. The third-order valence-corrected chi connectivity index (χ3v) is 5.62. The van der Waals surface area contributed by atoms with E-state index in [1.54, 1.807) is 30.1 Å². The Morgan fingerprint density at radius 3 is 2.30 bits per heavy atom. The highest BCUT2D eigenvalue weighted by atomic mass is 16.2. The van der Waals surface area contributed by atoms with Crippen LogP contribution in [0, 0.1) is 0 Å². The zero-order valence-corrected chi connectivity index (χ0v) is 19.3. The second-order valence-electron chi connectivity index (χ2n) is 8.47. The van der Waals surface area contributed by atoms with Gasteiger partial charge in [-0.2, -0.15) is 0 Å². The van der Waals surface area contributed by atoms with E-state index in [0.29, 0.717) is 16.8 Å². The molecule has 2 N–H and O–H groups in total. The predicted molar refractivity (Wildman–Crippen MR) is 134 cm³/mol. The highest BCUT2D eigenvalue weighted by molar-refractivity contribution is 6.32. The van der Waals surface area contributed by atoms with Crippen LogP contribution in [0.4, 0.5) is 17.1 Å². The molecule has 0 aromatic heterocycles. The fraction of sp³-hybridized carbons (Fsp3) is 0.185. The average Bonchev–Trinajstić information content (AvgIpc) is 3.14. The maximum Gasteiger partial charge on any atom is 0.258 e. The van der Waals surface area contributed by atoms with Crippen LogP contribution < -0.4 is 15.5 Å². The summed E-state index contributed by atoms with van der Waals surface area (Å²) >= 11 is 0. The minimum atomic E-state index is -0.180. The molecule has 0 fully saturated rings. The van der Waals surface area contributed by atoms with E-state index in [0.717, 1.165) is 29.2 Å². The zero-order valence-electron chi connectivity index (χ0n) is 19.3. The first-order chi connectivity index (χ1) is 15.8. The molecule has 1 aliphatic rings. The van der Waals surface area contributed by atoms with Crippen LogP contribution in [-0.2, 0) is 11.3 Å². The van der Waals surface area contributed by atoms with Gasteiger partial charge >= 0.3 is 0 Å². The van der Waals surface area contributed by atoms with Crippen molar-refractivity contribution in [1.29, 1.82) is 0 Å². The molecule has 33 heavy (non-hydrogen) atoms. The molecule has 0 radical (unpaired) electrons. The number of benzene rings is 3. The highest BCUT2D eigenvalue weighted by Crippen LogP contribution is 2.35. The van der Waals surface area contributed by atoms with Crippen LogP contribution in [0.2, 0.25) is 0 Å². The first kappa shape index (κ1) is 22.3. The number of hydrogen-bond acceptors (Lipinski definition) is 4. The topological polar surface area (TPSA) is 64.7 Å². The lowest BCUT2D eigenvalue weighted by Gasteiger charge is -2.18. The molecule has 0 atom stereocenters. The van der Waals surface area contributed by atoms with Crippen LogP contribution in [0.5, 0.6) is 0 Å². The second-order valence-corrected chi connectivity index (χ2v) is 8.47. The molecule has 1 aliphatic heterocycles. The Morgan fingerprint density at radius 2 is 1.64 bits per heavy atom. The number of anilines is 3. The summed E-state index contributed by atoms with van der Waals surface area (Å²) < 4.78 is 0. The second kappa shape index (κ2) is 9.30. The molecule has 6 heteroatoms. The van der Waals surface area contributed by atoms with Gasteiger partial charge in [-0.15, -0.1) is 0 Å². The molecule has 6 nitrogen and oxygen atoms in total. The average molecular weight is 441 g/mol. The maximum atomic E-state index is 13.1. The van der Waals surface area contributed by atoms with E-state index in [-0.39, 0.29) is 11.8 Å². The van der Waals surface area contributed by atoms with Crippen LogP contribution >= 0.6 is 0 Å². The van der Waals surface area contributed by atoms with Gasteiger partial charge in [-0.05, 0) is 69.0 Å². The number of para-hydroxylation sites is 1. The fourth-order valence-corrected chi connectivity index (χ4v) is 3.97. The standard InChI is InChI=1S/C27H28N4O2/c1-18(28-21-13-10-19(11-14-21)17-30(2)3)25-23-16-20(12-15-24(23)29-26(25)32)27(33)31(4)22-8-6-5-7-9-22/h5-16,28H,17H2,1-4H3,(H,29,32)/b25-18-. The van der Waals surface area contributed by atoms with Crippen molar-refractivity contribution in [1.82, 2.24) is 4.90 Å². The van der Waals surface area contributed by atoms with Crippen molar-refractivity contribution < 1.29 is 9.59 Å². The van der Waals surface area contributed by atoms with Crippen molar-refractivity contribution in [2.75, 3.05) is 36.7 Å². The summed E-state index contributed by atoms with van der Waals surface area (Å²) in [4.78, 5) is 29.6. The first-order valence-corrected chi connectivity index (χ1v) is 10.8. The summed E-state index contributed by atoms with van der Waals surface area (Å²) in [6, 6.07) is 23.0. The monoisotopic (exact) mass is 440 g/mol. The van der Waals surface area contributed by atoms with Gasteiger partial charge < -0.3 is 20.4 Å². The summed E-state index contributed by atoms with van der Waals surface area (Å²) in [7, 11) is 5.82. The normalized spacial score (nSPS) is 14.0. The van der Waals surface area contributed by atoms with Gasteiger partial charge in [0.2, 0.25) is 0 Å². The van der Waals surface area contributed by atoms with Gasteiger partial charge in [-0.1, -0.05) is 30.3 Å². The number of carbonyl (C=O) groups is 2. The molecule has 0 saturated heterocycles. The summed E-state index contributed by atoms with van der Waals surface area (Å²) in [6.07, 6.45) is 0. The smallest absolute Gasteiger partial charge is 0.258 e. The number of fused-ring (bicyclic) bond motifs is 1. The van der Waals surface area contributed by atoms with Gasteiger partial charge in [0.25, 0.3) is 11.8 Å². The van der Waals surface area contributed by atoms with E-state index in [9.17, 15) is 9.59 Å². The summed E-state index contributed by atoms with van der Waals surface area (Å²) in [5.74, 6) is -0.315. The van der Waals surface area contributed by atoms with E-state index in [1.165, 1.54) is 5.56 Å². The predicted octanol–water partition coefficient (Wildman–Crippen LogP) is 4.82. The van der Waals surface area contributed by atoms with Gasteiger partial charge in [-0.3, -0.25) is 9.59 Å². The number of amides is 2. The largest absolute Gasteiger partial charge is 0.358 e. The minimum absolute atomic E-state index is 0.134. The van der Waals surface area contributed by atoms with Crippen molar-refractivity contribution >= 4 is 34.4 Å². The third kappa shape index (κ3) is 4.81. The Morgan fingerprint density at radius 1 is 0.939 bits per heavy atom. The van der Waals surface area contributed by atoms with Gasteiger partial charge in [0.15, 0.2) is 0 Å². The Kier molecular flexibility index (Phi) is 6.29.